The number of amides is 1. The van der Waals surface area contributed by atoms with Crippen LogP contribution in [0.4, 0.5) is 11.4 Å². The number of aromatic nitrogens is 1. The first-order chi connectivity index (χ1) is 9.45. The fourth-order valence-electron chi connectivity index (χ4n) is 1.70. The first kappa shape index (κ1) is 14.1. The third-order valence-electron chi connectivity index (χ3n) is 2.82. The standard InChI is InChI=1S/C14H14ClN3O2/c1-9-6-14(20)18(7-12(9)16)8-13(19)17-11-4-2-10(15)3-5-11/h2-7H,8,16H2,1H3,(H,17,19). The molecule has 0 fully saturated rings. The fourth-order valence-corrected chi connectivity index (χ4v) is 1.82. The third kappa shape index (κ3) is 3.39. The normalized spacial score (nSPS) is 10.3. The van der Waals surface area contributed by atoms with Gasteiger partial charge in [-0.3, -0.25) is 9.59 Å². The van der Waals surface area contributed by atoms with Gasteiger partial charge in [-0.15, -0.1) is 0 Å². The number of nitrogen functional groups attached to an aromatic ring is 1. The number of anilines is 2. The van der Waals surface area contributed by atoms with Crippen LogP contribution in [0.15, 0.2) is 41.3 Å². The van der Waals surface area contributed by atoms with Crippen LogP contribution >= 0.6 is 11.6 Å². The van der Waals surface area contributed by atoms with Crippen LogP contribution in [0.25, 0.3) is 0 Å². The van der Waals surface area contributed by atoms with Gasteiger partial charge in [0.1, 0.15) is 6.54 Å². The van der Waals surface area contributed by atoms with E-state index in [-0.39, 0.29) is 18.0 Å². The SMILES string of the molecule is Cc1cc(=O)n(CC(=O)Nc2ccc(Cl)cc2)cc1N. The number of nitrogens with two attached hydrogens (primary N) is 1. The molecule has 5 nitrogen and oxygen atoms in total. The van der Waals surface area contributed by atoms with Gasteiger partial charge in [-0.05, 0) is 36.8 Å². The molecule has 1 aromatic carbocycles. The maximum atomic E-state index is 11.9. The topological polar surface area (TPSA) is 77.1 Å². The van der Waals surface area contributed by atoms with Crippen LogP contribution < -0.4 is 16.6 Å². The second kappa shape index (κ2) is 5.79. The molecule has 0 atom stereocenters. The summed E-state index contributed by atoms with van der Waals surface area (Å²) in [5.41, 5.74) is 7.26. The van der Waals surface area contributed by atoms with Crippen molar-refractivity contribution in [1.29, 1.82) is 0 Å². The van der Waals surface area contributed by atoms with Crippen molar-refractivity contribution in [3.05, 3.63) is 57.5 Å². The van der Waals surface area contributed by atoms with Crippen LogP contribution in [-0.4, -0.2) is 10.5 Å². The Bertz CT molecular complexity index is 693. The summed E-state index contributed by atoms with van der Waals surface area (Å²) < 4.78 is 1.27. The summed E-state index contributed by atoms with van der Waals surface area (Å²) in [6, 6.07) is 8.13. The molecule has 0 aliphatic rings. The van der Waals surface area contributed by atoms with E-state index in [1.165, 1.54) is 16.8 Å². The minimum atomic E-state index is -0.308. The Morgan fingerprint density at radius 2 is 2.00 bits per heavy atom. The molecule has 0 aliphatic carbocycles. The van der Waals surface area contributed by atoms with Crippen molar-refractivity contribution in [2.75, 3.05) is 11.1 Å². The Kier molecular flexibility index (Phi) is 4.10. The van der Waals surface area contributed by atoms with Gasteiger partial charge in [0.2, 0.25) is 5.91 Å². The number of halogens is 1. The molecular weight excluding hydrogens is 278 g/mol. The number of hydrogen-bond acceptors (Lipinski definition) is 3. The zero-order valence-corrected chi connectivity index (χ0v) is 11.6. The van der Waals surface area contributed by atoms with Gasteiger partial charge in [0, 0.05) is 23.0 Å². The zero-order chi connectivity index (χ0) is 14.7. The van der Waals surface area contributed by atoms with Crippen LogP contribution in [-0.2, 0) is 11.3 Å². The highest BCUT2D eigenvalue weighted by molar-refractivity contribution is 6.30. The van der Waals surface area contributed by atoms with Gasteiger partial charge in [0.25, 0.3) is 5.56 Å². The number of benzene rings is 1. The monoisotopic (exact) mass is 291 g/mol. The highest BCUT2D eigenvalue weighted by Crippen LogP contribution is 2.13. The van der Waals surface area contributed by atoms with E-state index in [1.807, 2.05) is 0 Å². The van der Waals surface area contributed by atoms with Gasteiger partial charge in [0.05, 0.1) is 5.69 Å². The van der Waals surface area contributed by atoms with Gasteiger partial charge in [-0.25, -0.2) is 0 Å². The average Bonchev–Trinajstić information content (AvgIpc) is 2.39. The maximum Gasteiger partial charge on any atom is 0.251 e. The lowest BCUT2D eigenvalue weighted by Gasteiger charge is -2.09. The summed E-state index contributed by atoms with van der Waals surface area (Å²) in [6.45, 7) is 1.65. The first-order valence-corrected chi connectivity index (χ1v) is 6.35. The summed E-state index contributed by atoms with van der Waals surface area (Å²) in [6.07, 6.45) is 1.47. The molecule has 0 aliphatic heterocycles. The summed E-state index contributed by atoms with van der Waals surface area (Å²) in [5, 5.41) is 3.27. The van der Waals surface area contributed by atoms with E-state index in [0.717, 1.165) is 0 Å². The Morgan fingerprint density at radius 3 is 2.65 bits per heavy atom. The molecule has 2 rings (SSSR count). The molecule has 1 amide bonds. The molecule has 0 spiro atoms. The molecule has 2 aromatic rings. The summed E-state index contributed by atoms with van der Waals surface area (Å²) in [4.78, 5) is 23.6. The van der Waals surface area contributed by atoms with Gasteiger partial charge in [0.15, 0.2) is 0 Å². The molecule has 0 saturated carbocycles. The number of pyridine rings is 1. The molecule has 0 saturated heterocycles. The minimum Gasteiger partial charge on any atom is -0.397 e. The molecule has 0 unspecified atom stereocenters. The number of carbonyl (C=O) groups is 1. The highest BCUT2D eigenvalue weighted by atomic mass is 35.5. The largest absolute Gasteiger partial charge is 0.397 e. The predicted octanol–water partition coefficient (Wildman–Crippen LogP) is 2.03. The molecule has 0 radical (unpaired) electrons. The Balaban J connectivity index is 2.10. The third-order valence-corrected chi connectivity index (χ3v) is 3.07. The summed E-state index contributed by atoms with van der Waals surface area (Å²) >= 11 is 5.76. The number of nitrogens with one attached hydrogen (secondary N) is 1. The van der Waals surface area contributed by atoms with Crippen molar-refractivity contribution in [2.45, 2.75) is 13.5 Å². The van der Waals surface area contributed by atoms with Crippen molar-refractivity contribution < 1.29 is 4.79 Å². The lowest BCUT2D eigenvalue weighted by Crippen LogP contribution is -2.27. The lowest BCUT2D eigenvalue weighted by atomic mass is 10.2. The van der Waals surface area contributed by atoms with Gasteiger partial charge >= 0.3 is 0 Å². The van der Waals surface area contributed by atoms with E-state index >= 15 is 0 Å². The van der Waals surface area contributed by atoms with Crippen molar-refractivity contribution >= 4 is 28.9 Å². The van der Waals surface area contributed by atoms with Crippen LogP contribution in [0.1, 0.15) is 5.56 Å². The van der Waals surface area contributed by atoms with E-state index in [2.05, 4.69) is 5.32 Å². The quantitative estimate of drug-likeness (QED) is 0.908. The number of nitrogens with zero attached hydrogens (tertiary/aromatic N) is 1. The van der Waals surface area contributed by atoms with Crippen LogP contribution in [0.5, 0.6) is 0 Å². The van der Waals surface area contributed by atoms with Crippen molar-refractivity contribution in [3.63, 3.8) is 0 Å². The molecular formula is C14H14ClN3O2. The molecule has 0 bridgehead atoms. The molecule has 1 heterocycles. The zero-order valence-electron chi connectivity index (χ0n) is 10.9. The number of carbonyl (C=O) groups excluding carboxylic acids is 1. The smallest absolute Gasteiger partial charge is 0.251 e. The van der Waals surface area contributed by atoms with Gasteiger partial charge < -0.3 is 15.6 Å². The van der Waals surface area contributed by atoms with Crippen molar-refractivity contribution in [1.82, 2.24) is 4.57 Å². The number of rotatable bonds is 3. The Morgan fingerprint density at radius 1 is 1.35 bits per heavy atom. The second-order valence-corrected chi connectivity index (χ2v) is 4.87. The Hall–Kier alpha value is -2.27. The number of aryl methyl sites for hydroxylation is 1. The highest BCUT2D eigenvalue weighted by Gasteiger charge is 2.07. The van der Waals surface area contributed by atoms with Gasteiger partial charge in [-0.1, -0.05) is 11.6 Å². The lowest BCUT2D eigenvalue weighted by molar-refractivity contribution is -0.116. The summed E-state index contributed by atoms with van der Waals surface area (Å²) in [5.74, 6) is -0.308. The second-order valence-electron chi connectivity index (χ2n) is 4.43. The maximum absolute atomic E-state index is 11.9. The van der Waals surface area contributed by atoms with Crippen molar-refractivity contribution in [3.8, 4) is 0 Å². The van der Waals surface area contributed by atoms with E-state index in [9.17, 15) is 9.59 Å². The minimum absolute atomic E-state index is 0.0913. The molecule has 20 heavy (non-hydrogen) atoms. The average molecular weight is 292 g/mol. The van der Waals surface area contributed by atoms with Crippen molar-refractivity contribution in [2.24, 2.45) is 0 Å². The van der Waals surface area contributed by atoms with Crippen LogP contribution in [0, 0.1) is 6.92 Å². The van der Waals surface area contributed by atoms with Gasteiger partial charge in [-0.2, -0.15) is 0 Å². The van der Waals surface area contributed by atoms with E-state index in [4.69, 9.17) is 17.3 Å². The number of hydrogen-bond donors (Lipinski definition) is 2. The molecule has 6 heteroatoms. The molecule has 1 aromatic heterocycles. The fraction of sp³-hybridized carbons (Fsp3) is 0.143. The van der Waals surface area contributed by atoms with E-state index < -0.39 is 0 Å². The van der Waals surface area contributed by atoms with E-state index in [1.54, 1.807) is 31.2 Å². The first-order valence-electron chi connectivity index (χ1n) is 5.97. The Labute approximate surface area is 121 Å². The predicted molar refractivity (Wildman–Crippen MR) is 79.9 cm³/mol. The summed E-state index contributed by atoms with van der Waals surface area (Å²) in [7, 11) is 0. The molecule has 104 valence electrons. The van der Waals surface area contributed by atoms with E-state index in [0.29, 0.717) is 22.0 Å². The molecule has 3 N–H and O–H groups in total. The van der Waals surface area contributed by atoms with Crippen LogP contribution in [0.2, 0.25) is 5.02 Å². The van der Waals surface area contributed by atoms with Crippen LogP contribution in [0.3, 0.4) is 0 Å².